The van der Waals surface area contributed by atoms with Crippen molar-refractivity contribution in [2.45, 2.75) is 70.1 Å². The molecule has 140 valence electrons. The van der Waals surface area contributed by atoms with Crippen LogP contribution in [0.25, 0.3) is 0 Å². The van der Waals surface area contributed by atoms with E-state index < -0.39 is 5.79 Å². The first kappa shape index (κ1) is 18.5. The molecule has 0 saturated carbocycles. The number of ether oxygens (including phenoxy) is 4. The third-order valence-electron chi connectivity index (χ3n) is 5.41. The lowest BCUT2D eigenvalue weighted by Gasteiger charge is -2.48. The van der Waals surface area contributed by atoms with Crippen molar-refractivity contribution in [2.75, 3.05) is 13.7 Å². The molecule has 5 atom stereocenters. The molecule has 0 amide bonds. The van der Waals surface area contributed by atoms with E-state index in [2.05, 4.69) is 13.8 Å². The van der Waals surface area contributed by atoms with E-state index in [9.17, 15) is 5.11 Å². The lowest BCUT2D eigenvalue weighted by molar-refractivity contribution is -0.333. The molecule has 2 heterocycles. The zero-order chi connectivity index (χ0) is 17.9. The Bertz CT molecular complexity index is 546. The van der Waals surface area contributed by atoms with Crippen molar-refractivity contribution in [3.8, 4) is 11.5 Å². The van der Waals surface area contributed by atoms with Crippen molar-refractivity contribution in [3.05, 3.63) is 24.3 Å². The number of rotatable bonds is 5. The highest BCUT2D eigenvalue weighted by atomic mass is 16.7. The Balaban J connectivity index is 1.51. The van der Waals surface area contributed by atoms with E-state index in [4.69, 9.17) is 18.9 Å². The third-order valence-corrected chi connectivity index (χ3v) is 5.41. The first-order valence-corrected chi connectivity index (χ1v) is 9.30. The molecule has 1 aromatic carbocycles. The van der Waals surface area contributed by atoms with Crippen molar-refractivity contribution in [3.63, 3.8) is 0 Å². The second-order valence-corrected chi connectivity index (χ2v) is 7.40. The predicted octanol–water partition coefficient (Wildman–Crippen LogP) is 3.54. The molecule has 5 heteroatoms. The van der Waals surface area contributed by atoms with E-state index in [1.165, 1.54) is 0 Å². The van der Waals surface area contributed by atoms with Crippen LogP contribution in [-0.2, 0) is 9.47 Å². The SMILES string of the molecule is COc1ccc(OCC[C@@H]2C[C@@H](O)C[C@]3(CC[C@H](C)[C@@H](C)O3)O2)cc1. The van der Waals surface area contributed by atoms with E-state index in [0.29, 0.717) is 25.4 Å². The van der Waals surface area contributed by atoms with Gasteiger partial charge in [-0.15, -0.1) is 0 Å². The van der Waals surface area contributed by atoms with Crippen molar-refractivity contribution < 1.29 is 24.1 Å². The van der Waals surface area contributed by atoms with Crippen LogP contribution in [0.3, 0.4) is 0 Å². The van der Waals surface area contributed by atoms with E-state index in [-0.39, 0.29) is 18.3 Å². The smallest absolute Gasteiger partial charge is 0.171 e. The molecule has 5 nitrogen and oxygen atoms in total. The van der Waals surface area contributed by atoms with Crippen LogP contribution in [0.4, 0.5) is 0 Å². The molecule has 2 aliphatic heterocycles. The van der Waals surface area contributed by atoms with Crippen LogP contribution in [0.2, 0.25) is 0 Å². The molecule has 0 radical (unpaired) electrons. The number of aliphatic hydroxyl groups excluding tert-OH is 1. The maximum atomic E-state index is 10.3. The molecule has 2 aliphatic rings. The minimum atomic E-state index is -0.617. The van der Waals surface area contributed by atoms with Gasteiger partial charge in [-0.2, -0.15) is 0 Å². The summed E-state index contributed by atoms with van der Waals surface area (Å²) >= 11 is 0. The fourth-order valence-corrected chi connectivity index (χ4v) is 3.74. The summed E-state index contributed by atoms with van der Waals surface area (Å²) in [6.07, 6.45) is 3.62. The van der Waals surface area contributed by atoms with Crippen LogP contribution < -0.4 is 9.47 Å². The van der Waals surface area contributed by atoms with E-state index in [1.54, 1.807) is 7.11 Å². The Kier molecular flexibility index (Phi) is 5.87. The number of methoxy groups -OCH3 is 1. The molecule has 25 heavy (non-hydrogen) atoms. The molecule has 3 rings (SSSR count). The van der Waals surface area contributed by atoms with E-state index >= 15 is 0 Å². The van der Waals surface area contributed by atoms with Crippen molar-refractivity contribution in [1.82, 2.24) is 0 Å². The van der Waals surface area contributed by atoms with Gasteiger partial charge in [-0.05, 0) is 49.9 Å². The Hall–Kier alpha value is -1.30. The topological polar surface area (TPSA) is 57.2 Å². The molecule has 0 aromatic heterocycles. The third kappa shape index (κ3) is 4.66. The Morgan fingerprint density at radius 1 is 1.16 bits per heavy atom. The summed E-state index contributed by atoms with van der Waals surface area (Å²) in [5.41, 5.74) is 0. The van der Waals surface area contributed by atoms with Crippen molar-refractivity contribution in [1.29, 1.82) is 0 Å². The minimum absolute atomic E-state index is 0.0393. The molecule has 2 fully saturated rings. The number of benzene rings is 1. The molecule has 2 saturated heterocycles. The average Bonchev–Trinajstić information content (AvgIpc) is 2.59. The first-order chi connectivity index (χ1) is 12.0. The minimum Gasteiger partial charge on any atom is -0.497 e. The molecule has 0 bridgehead atoms. The van der Waals surface area contributed by atoms with Crippen molar-refractivity contribution >= 4 is 0 Å². The summed E-state index contributed by atoms with van der Waals surface area (Å²) in [6, 6.07) is 7.54. The molecule has 0 unspecified atom stereocenters. The summed E-state index contributed by atoms with van der Waals surface area (Å²) in [7, 11) is 1.65. The molecule has 0 aliphatic carbocycles. The monoisotopic (exact) mass is 350 g/mol. The molecular formula is C20H30O5. The van der Waals surface area contributed by atoms with Gasteiger partial charge in [0.2, 0.25) is 0 Å². The molecular weight excluding hydrogens is 320 g/mol. The number of hydrogen-bond donors (Lipinski definition) is 1. The van der Waals surface area contributed by atoms with E-state index in [1.807, 2.05) is 24.3 Å². The first-order valence-electron chi connectivity index (χ1n) is 9.30. The molecule has 1 N–H and O–H groups in total. The van der Waals surface area contributed by atoms with Crippen molar-refractivity contribution in [2.24, 2.45) is 5.92 Å². The van der Waals surface area contributed by atoms with Gasteiger partial charge in [-0.3, -0.25) is 0 Å². The van der Waals surface area contributed by atoms with Gasteiger partial charge in [-0.1, -0.05) is 6.92 Å². The summed E-state index contributed by atoms with van der Waals surface area (Å²) < 4.78 is 23.4. The van der Waals surface area contributed by atoms with Gasteiger partial charge in [0.25, 0.3) is 0 Å². The van der Waals surface area contributed by atoms with Crippen LogP contribution in [-0.4, -0.2) is 42.9 Å². The Morgan fingerprint density at radius 3 is 2.56 bits per heavy atom. The zero-order valence-electron chi connectivity index (χ0n) is 15.4. The second-order valence-electron chi connectivity index (χ2n) is 7.40. The highest BCUT2D eigenvalue weighted by Gasteiger charge is 2.46. The van der Waals surface area contributed by atoms with Gasteiger partial charge in [0, 0.05) is 19.3 Å². The predicted molar refractivity (Wildman–Crippen MR) is 94.9 cm³/mol. The lowest BCUT2D eigenvalue weighted by atomic mass is 9.86. The quantitative estimate of drug-likeness (QED) is 0.880. The Morgan fingerprint density at radius 2 is 1.88 bits per heavy atom. The number of aliphatic hydroxyl groups is 1. The van der Waals surface area contributed by atoms with E-state index in [0.717, 1.165) is 30.8 Å². The summed E-state index contributed by atoms with van der Waals surface area (Å²) in [5.74, 6) is 1.54. The highest BCUT2D eigenvalue weighted by Crippen LogP contribution is 2.41. The lowest BCUT2D eigenvalue weighted by Crippen LogP contribution is -2.53. The number of hydrogen-bond acceptors (Lipinski definition) is 5. The van der Waals surface area contributed by atoms with Gasteiger partial charge in [0.1, 0.15) is 11.5 Å². The zero-order valence-corrected chi connectivity index (χ0v) is 15.4. The normalized spacial score (nSPS) is 35.5. The summed E-state index contributed by atoms with van der Waals surface area (Å²) in [4.78, 5) is 0. The highest BCUT2D eigenvalue weighted by molar-refractivity contribution is 5.31. The summed E-state index contributed by atoms with van der Waals surface area (Å²) in [5, 5.41) is 10.3. The van der Waals surface area contributed by atoms with Crippen LogP contribution in [0, 0.1) is 5.92 Å². The van der Waals surface area contributed by atoms with Gasteiger partial charge < -0.3 is 24.1 Å². The van der Waals surface area contributed by atoms with Crippen LogP contribution >= 0.6 is 0 Å². The maximum absolute atomic E-state index is 10.3. The fourth-order valence-electron chi connectivity index (χ4n) is 3.74. The average molecular weight is 350 g/mol. The van der Waals surface area contributed by atoms with Crippen LogP contribution in [0.1, 0.15) is 46.0 Å². The standard InChI is InChI=1S/C20H30O5/c1-14-8-10-20(24-15(14)2)13-16(21)12-19(25-20)9-11-23-18-6-4-17(22-3)5-7-18/h4-7,14-16,19,21H,8-13H2,1-3H3/t14-,15+,16+,19+,20-/m0/s1. The van der Waals surface area contributed by atoms with Crippen LogP contribution in [0.15, 0.2) is 24.3 Å². The maximum Gasteiger partial charge on any atom is 0.171 e. The summed E-state index contributed by atoms with van der Waals surface area (Å²) in [6.45, 7) is 4.85. The Labute approximate surface area is 150 Å². The fraction of sp³-hybridized carbons (Fsp3) is 0.700. The van der Waals surface area contributed by atoms with Gasteiger partial charge >= 0.3 is 0 Å². The van der Waals surface area contributed by atoms with Crippen LogP contribution in [0.5, 0.6) is 11.5 Å². The van der Waals surface area contributed by atoms with Gasteiger partial charge in [0.05, 0.1) is 32.0 Å². The van der Waals surface area contributed by atoms with Gasteiger partial charge in [0.15, 0.2) is 5.79 Å². The molecule has 1 aromatic rings. The largest absolute Gasteiger partial charge is 0.497 e. The second kappa shape index (κ2) is 7.94. The van der Waals surface area contributed by atoms with Gasteiger partial charge in [-0.25, -0.2) is 0 Å². The molecule has 1 spiro atoms.